The number of carbonyl (C=O) groups is 1. The van der Waals surface area contributed by atoms with Gasteiger partial charge in [-0.05, 0) is 13.3 Å². The number of aryl methyl sites for hydroxylation is 1. The maximum atomic E-state index is 10.8. The topological polar surface area (TPSA) is 55.0 Å². The van der Waals surface area contributed by atoms with Crippen molar-refractivity contribution in [2.75, 3.05) is 0 Å². The summed E-state index contributed by atoms with van der Waals surface area (Å²) < 4.78 is 4.87. The molecule has 1 aromatic rings. The third kappa shape index (κ3) is 0.906. The van der Waals surface area contributed by atoms with Crippen molar-refractivity contribution in [1.82, 2.24) is 10.2 Å². The van der Waals surface area contributed by atoms with Crippen LogP contribution < -0.4 is 4.74 Å². The Morgan fingerprint density at radius 2 is 2.36 bits per heavy atom. The second-order valence-corrected chi connectivity index (χ2v) is 2.61. The summed E-state index contributed by atoms with van der Waals surface area (Å²) in [4.78, 5) is 10.8. The summed E-state index contributed by atoms with van der Waals surface area (Å²) in [5.41, 5.74) is 2.03. The van der Waals surface area contributed by atoms with E-state index in [0.717, 1.165) is 17.7 Å². The summed E-state index contributed by atoms with van der Waals surface area (Å²) in [6.45, 7) is 1.92. The van der Waals surface area contributed by atoms with Gasteiger partial charge in [0.05, 0.1) is 6.42 Å². The summed E-state index contributed by atoms with van der Waals surface area (Å²) in [5.74, 6) is 0.266. The highest BCUT2D eigenvalue weighted by molar-refractivity contribution is 5.74. The van der Waals surface area contributed by atoms with Crippen LogP contribution in [0.2, 0.25) is 0 Å². The lowest BCUT2D eigenvalue weighted by Crippen LogP contribution is -2.15. The van der Waals surface area contributed by atoms with Crippen molar-refractivity contribution in [1.29, 1.82) is 0 Å². The molecule has 1 N–H and O–H groups in total. The van der Waals surface area contributed by atoms with Crippen molar-refractivity contribution < 1.29 is 9.53 Å². The van der Waals surface area contributed by atoms with E-state index in [1.165, 1.54) is 0 Å². The number of rotatable bonds is 0. The summed E-state index contributed by atoms with van der Waals surface area (Å²) in [5, 5.41) is 6.61. The van der Waals surface area contributed by atoms with Crippen molar-refractivity contribution in [3.05, 3.63) is 11.3 Å². The lowest BCUT2D eigenvalue weighted by Gasteiger charge is -2.08. The fraction of sp³-hybridized carbons (Fsp3) is 0.429. The molecular weight excluding hydrogens is 144 g/mol. The highest BCUT2D eigenvalue weighted by atomic mass is 16.5. The molecule has 0 atom stereocenters. The Labute approximate surface area is 63.6 Å². The van der Waals surface area contributed by atoms with Crippen molar-refractivity contribution in [2.24, 2.45) is 0 Å². The number of ether oxygens (including phenoxy) is 1. The number of hydrogen-bond acceptors (Lipinski definition) is 3. The minimum Gasteiger partial charge on any atom is -0.405 e. The number of nitrogens with zero attached hydrogens (tertiary/aromatic N) is 1. The molecule has 0 spiro atoms. The standard InChI is InChI=1S/C7H8N2O2/c1-4-5-2-3-6(10)11-7(5)9-8-4/h2-3H2,1H3,(H,8,9). The number of esters is 1. The maximum absolute atomic E-state index is 10.8. The number of carbonyl (C=O) groups excluding carboxylic acids is 1. The molecule has 1 aliphatic heterocycles. The maximum Gasteiger partial charge on any atom is 0.312 e. The predicted molar refractivity (Wildman–Crippen MR) is 37.3 cm³/mol. The Morgan fingerprint density at radius 1 is 1.55 bits per heavy atom. The zero-order valence-corrected chi connectivity index (χ0v) is 6.18. The molecule has 0 unspecified atom stereocenters. The Bertz CT molecular complexity index is 303. The summed E-state index contributed by atoms with van der Waals surface area (Å²) in [7, 11) is 0. The van der Waals surface area contributed by atoms with Gasteiger partial charge in [0.25, 0.3) is 0 Å². The molecule has 0 amide bonds. The van der Waals surface area contributed by atoms with Gasteiger partial charge < -0.3 is 4.74 Å². The van der Waals surface area contributed by atoms with Crippen LogP contribution in [0.5, 0.6) is 5.88 Å². The lowest BCUT2D eigenvalue weighted by molar-refractivity contribution is -0.135. The van der Waals surface area contributed by atoms with Gasteiger partial charge in [-0.25, -0.2) is 0 Å². The lowest BCUT2D eigenvalue weighted by atomic mass is 10.1. The highest BCUT2D eigenvalue weighted by Gasteiger charge is 2.21. The number of nitrogens with one attached hydrogen (secondary N) is 1. The number of aromatic nitrogens is 2. The van der Waals surface area contributed by atoms with Crippen LogP contribution in [0, 0.1) is 6.92 Å². The molecule has 58 valence electrons. The van der Waals surface area contributed by atoms with Gasteiger partial charge >= 0.3 is 5.97 Å². The van der Waals surface area contributed by atoms with Gasteiger partial charge in [-0.2, -0.15) is 0 Å². The molecule has 0 aromatic carbocycles. The van der Waals surface area contributed by atoms with Crippen molar-refractivity contribution in [3.8, 4) is 5.88 Å². The van der Waals surface area contributed by atoms with E-state index in [1.54, 1.807) is 0 Å². The minimum absolute atomic E-state index is 0.191. The zero-order valence-electron chi connectivity index (χ0n) is 6.18. The van der Waals surface area contributed by atoms with Crippen LogP contribution in [-0.2, 0) is 11.2 Å². The third-order valence-corrected chi connectivity index (χ3v) is 1.83. The van der Waals surface area contributed by atoms with Gasteiger partial charge in [-0.1, -0.05) is 0 Å². The first-order chi connectivity index (χ1) is 5.27. The second-order valence-electron chi connectivity index (χ2n) is 2.61. The van der Waals surface area contributed by atoms with Crippen LogP contribution in [0.3, 0.4) is 0 Å². The molecule has 2 rings (SSSR count). The van der Waals surface area contributed by atoms with Gasteiger partial charge in [0, 0.05) is 11.3 Å². The number of H-pyrrole nitrogens is 1. The van der Waals surface area contributed by atoms with E-state index in [2.05, 4.69) is 10.2 Å². The van der Waals surface area contributed by atoms with Crippen molar-refractivity contribution in [2.45, 2.75) is 19.8 Å². The largest absolute Gasteiger partial charge is 0.405 e. The predicted octanol–water partition coefficient (Wildman–Crippen LogP) is 0.570. The van der Waals surface area contributed by atoms with E-state index < -0.39 is 0 Å². The summed E-state index contributed by atoms with van der Waals surface area (Å²) in [6, 6.07) is 0. The molecular formula is C7H8N2O2. The van der Waals surface area contributed by atoms with Crippen LogP contribution in [0.15, 0.2) is 0 Å². The fourth-order valence-corrected chi connectivity index (χ4v) is 1.19. The molecule has 0 saturated heterocycles. The first-order valence-corrected chi connectivity index (χ1v) is 3.52. The van der Waals surface area contributed by atoms with Crippen molar-refractivity contribution >= 4 is 5.97 Å². The molecule has 4 nitrogen and oxygen atoms in total. The average molecular weight is 152 g/mol. The smallest absolute Gasteiger partial charge is 0.312 e. The van der Waals surface area contributed by atoms with Gasteiger partial charge in [0.2, 0.25) is 5.88 Å². The average Bonchev–Trinajstić information content (AvgIpc) is 2.32. The van der Waals surface area contributed by atoms with Crippen LogP contribution in [0.25, 0.3) is 0 Å². The van der Waals surface area contributed by atoms with Crippen LogP contribution >= 0.6 is 0 Å². The first-order valence-electron chi connectivity index (χ1n) is 3.52. The summed E-state index contributed by atoms with van der Waals surface area (Å²) in [6.07, 6.45) is 1.21. The molecule has 0 fully saturated rings. The van der Waals surface area contributed by atoms with Crippen LogP contribution in [-0.4, -0.2) is 16.2 Å². The third-order valence-electron chi connectivity index (χ3n) is 1.83. The van der Waals surface area contributed by atoms with E-state index in [0.29, 0.717) is 12.3 Å². The SMILES string of the molecule is Cc1[nH]nc2c1CCC(=O)O2. The summed E-state index contributed by atoms with van der Waals surface area (Å²) >= 11 is 0. The molecule has 0 bridgehead atoms. The van der Waals surface area contributed by atoms with Gasteiger partial charge in [0.15, 0.2) is 0 Å². The Kier molecular flexibility index (Phi) is 1.21. The highest BCUT2D eigenvalue weighted by Crippen LogP contribution is 2.24. The quantitative estimate of drug-likeness (QED) is 0.553. The van der Waals surface area contributed by atoms with Gasteiger partial charge in [0.1, 0.15) is 0 Å². The minimum atomic E-state index is -0.191. The van der Waals surface area contributed by atoms with Crippen LogP contribution in [0.4, 0.5) is 0 Å². The monoisotopic (exact) mass is 152 g/mol. The molecule has 11 heavy (non-hydrogen) atoms. The molecule has 0 radical (unpaired) electrons. The normalized spacial score (nSPS) is 15.9. The van der Waals surface area contributed by atoms with E-state index >= 15 is 0 Å². The molecule has 2 heterocycles. The van der Waals surface area contributed by atoms with Gasteiger partial charge in [-0.3, -0.25) is 9.89 Å². The first kappa shape index (κ1) is 6.39. The molecule has 0 aliphatic carbocycles. The second kappa shape index (κ2) is 2.08. The Morgan fingerprint density at radius 3 is 3.18 bits per heavy atom. The van der Waals surface area contributed by atoms with E-state index in [-0.39, 0.29) is 5.97 Å². The molecule has 1 aliphatic rings. The van der Waals surface area contributed by atoms with Gasteiger partial charge in [-0.15, -0.1) is 5.10 Å². The van der Waals surface area contributed by atoms with E-state index in [1.807, 2.05) is 6.92 Å². The number of aromatic amines is 1. The zero-order chi connectivity index (χ0) is 7.84. The van der Waals surface area contributed by atoms with E-state index in [4.69, 9.17) is 4.74 Å². The van der Waals surface area contributed by atoms with E-state index in [9.17, 15) is 4.79 Å². The number of hydrogen-bond donors (Lipinski definition) is 1. The van der Waals surface area contributed by atoms with Crippen LogP contribution in [0.1, 0.15) is 17.7 Å². The Balaban J connectivity index is 2.44. The molecule has 0 saturated carbocycles. The van der Waals surface area contributed by atoms with Crippen molar-refractivity contribution in [3.63, 3.8) is 0 Å². The molecule has 4 heteroatoms. The fourth-order valence-electron chi connectivity index (χ4n) is 1.19. The number of fused-ring (bicyclic) bond motifs is 1. The molecule has 1 aromatic heterocycles. The Hall–Kier alpha value is -1.32.